The van der Waals surface area contributed by atoms with Gasteiger partial charge in [-0.3, -0.25) is 9.19 Å². The van der Waals surface area contributed by atoms with E-state index in [-0.39, 0.29) is 0 Å². The second kappa shape index (κ2) is 5.95. The smallest absolute Gasteiger partial charge is 0.0702 e. The Bertz CT molecular complexity index is 835. The standard InChI is InChI=1S/C16H13BrN2OS/c17-14-9-13(18)4-6-16(14)21(20)10-11-3-5-15-12(8-11)2-1-7-19-15/h1-9H,10,18H2. The van der Waals surface area contributed by atoms with Crippen molar-refractivity contribution in [3.05, 3.63) is 64.8 Å². The van der Waals surface area contributed by atoms with Gasteiger partial charge in [-0.2, -0.15) is 0 Å². The second-order valence-corrected chi connectivity index (χ2v) is 6.98. The highest BCUT2D eigenvalue weighted by Gasteiger charge is 2.10. The summed E-state index contributed by atoms with van der Waals surface area (Å²) in [6.07, 6.45) is 1.77. The van der Waals surface area contributed by atoms with Crippen LogP contribution in [0.3, 0.4) is 0 Å². The summed E-state index contributed by atoms with van der Waals surface area (Å²) < 4.78 is 13.3. The van der Waals surface area contributed by atoms with Crippen molar-refractivity contribution in [3.8, 4) is 0 Å². The van der Waals surface area contributed by atoms with Gasteiger partial charge >= 0.3 is 0 Å². The number of halogens is 1. The van der Waals surface area contributed by atoms with Gasteiger partial charge in [0.1, 0.15) is 0 Å². The van der Waals surface area contributed by atoms with E-state index in [2.05, 4.69) is 20.9 Å². The fraction of sp³-hybridized carbons (Fsp3) is 0.0625. The Morgan fingerprint density at radius 1 is 1.14 bits per heavy atom. The number of hydrogen-bond acceptors (Lipinski definition) is 3. The molecule has 1 heterocycles. The number of fused-ring (bicyclic) bond motifs is 1. The van der Waals surface area contributed by atoms with Gasteiger partial charge < -0.3 is 5.73 Å². The molecule has 0 saturated heterocycles. The fourth-order valence-corrected chi connectivity index (χ4v) is 4.22. The largest absolute Gasteiger partial charge is 0.399 e. The number of rotatable bonds is 3. The van der Waals surface area contributed by atoms with E-state index < -0.39 is 10.8 Å². The Morgan fingerprint density at radius 3 is 2.81 bits per heavy atom. The van der Waals surface area contributed by atoms with Crippen LogP contribution in [-0.4, -0.2) is 9.19 Å². The molecule has 0 amide bonds. The molecule has 0 bridgehead atoms. The average molecular weight is 361 g/mol. The average Bonchev–Trinajstić information content (AvgIpc) is 2.47. The van der Waals surface area contributed by atoms with E-state index in [1.807, 2.05) is 30.3 Å². The van der Waals surface area contributed by atoms with Gasteiger partial charge in [-0.05, 0) is 57.9 Å². The van der Waals surface area contributed by atoms with Crippen molar-refractivity contribution in [1.29, 1.82) is 0 Å². The van der Waals surface area contributed by atoms with Crippen LogP contribution in [0.2, 0.25) is 0 Å². The molecule has 0 saturated carbocycles. The third-order valence-corrected chi connectivity index (χ3v) is 5.53. The van der Waals surface area contributed by atoms with Gasteiger partial charge in [0.2, 0.25) is 0 Å². The summed E-state index contributed by atoms with van der Waals surface area (Å²) in [5.41, 5.74) is 8.33. The predicted molar refractivity (Wildman–Crippen MR) is 90.4 cm³/mol. The Labute approximate surface area is 133 Å². The molecule has 0 fully saturated rings. The number of anilines is 1. The lowest BCUT2D eigenvalue weighted by atomic mass is 10.1. The summed E-state index contributed by atoms with van der Waals surface area (Å²) in [5, 5.41) is 1.06. The summed E-state index contributed by atoms with van der Waals surface area (Å²) in [5.74, 6) is 0.466. The highest BCUT2D eigenvalue weighted by Crippen LogP contribution is 2.25. The van der Waals surface area contributed by atoms with Crippen LogP contribution in [0.25, 0.3) is 10.9 Å². The number of nitrogens with two attached hydrogens (primary N) is 1. The molecule has 2 N–H and O–H groups in total. The van der Waals surface area contributed by atoms with Crippen molar-refractivity contribution in [3.63, 3.8) is 0 Å². The van der Waals surface area contributed by atoms with Gasteiger partial charge in [0.05, 0.1) is 27.0 Å². The first kappa shape index (κ1) is 14.2. The van der Waals surface area contributed by atoms with Crippen LogP contribution in [0.1, 0.15) is 5.56 Å². The van der Waals surface area contributed by atoms with E-state index in [0.717, 1.165) is 25.8 Å². The minimum absolute atomic E-state index is 0.466. The summed E-state index contributed by atoms with van der Waals surface area (Å²) in [7, 11) is -1.12. The Hall–Kier alpha value is -1.72. The van der Waals surface area contributed by atoms with Crippen LogP contribution in [0.15, 0.2) is 64.1 Å². The van der Waals surface area contributed by atoms with Gasteiger partial charge in [-0.1, -0.05) is 12.1 Å². The second-order valence-electron chi connectivity index (χ2n) is 4.71. The predicted octanol–water partition coefficient (Wildman–Crippen LogP) is 3.89. The van der Waals surface area contributed by atoms with Gasteiger partial charge in [0, 0.05) is 21.7 Å². The molecule has 1 atom stereocenters. The zero-order valence-electron chi connectivity index (χ0n) is 11.1. The number of benzene rings is 2. The lowest BCUT2D eigenvalue weighted by Crippen LogP contribution is -1.98. The van der Waals surface area contributed by atoms with Crippen molar-refractivity contribution in [2.75, 3.05) is 5.73 Å². The lowest BCUT2D eigenvalue weighted by Gasteiger charge is -2.07. The zero-order chi connectivity index (χ0) is 14.8. The van der Waals surface area contributed by atoms with Crippen LogP contribution in [0, 0.1) is 0 Å². The molecule has 0 spiro atoms. The number of pyridine rings is 1. The van der Waals surface area contributed by atoms with E-state index in [1.165, 1.54) is 0 Å². The molecule has 0 aliphatic heterocycles. The molecule has 21 heavy (non-hydrogen) atoms. The third-order valence-electron chi connectivity index (χ3n) is 3.17. The molecular weight excluding hydrogens is 348 g/mol. The summed E-state index contributed by atoms with van der Waals surface area (Å²) >= 11 is 3.42. The Morgan fingerprint density at radius 2 is 2.00 bits per heavy atom. The quantitative estimate of drug-likeness (QED) is 0.720. The van der Waals surface area contributed by atoms with Crippen molar-refractivity contribution in [2.24, 2.45) is 0 Å². The zero-order valence-corrected chi connectivity index (χ0v) is 13.5. The molecule has 5 heteroatoms. The maximum absolute atomic E-state index is 12.5. The summed E-state index contributed by atoms with van der Waals surface area (Å²) in [6, 6.07) is 15.2. The first-order valence-electron chi connectivity index (χ1n) is 6.40. The molecule has 0 radical (unpaired) electrons. The maximum Gasteiger partial charge on any atom is 0.0702 e. The molecular formula is C16H13BrN2OS. The summed E-state index contributed by atoms with van der Waals surface area (Å²) in [6.45, 7) is 0. The van der Waals surface area contributed by atoms with E-state index in [9.17, 15) is 4.21 Å². The molecule has 1 unspecified atom stereocenters. The highest BCUT2D eigenvalue weighted by atomic mass is 79.9. The van der Waals surface area contributed by atoms with Crippen LogP contribution in [0.4, 0.5) is 5.69 Å². The maximum atomic E-state index is 12.5. The molecule has 0 aliphatic rings. The molecule has 3 aromatic rings. The van der Waals surface area contributed by atoms with Crippen LogP contribution in [0.5, 0.6) is 0 Å². The number of aromatic nitrogens is 1. The van der Waals surface area contributed by atoms with E-state index in [0.29, 0.717) is 11.4 Å². The minimum Gasteiger partial charge on any atom is -0.399 e. The molecule has 3 nitrogen and oxygen atoms in total. The number of nitrogen functional groups attached to an aromatic ring is 1. The minimum atomic E-state index is -1.12. The Kier molecular flexibility index (Phi) is 4.03. The molecule has 3 rings (SSSR count). The normalized spacial score (nSPS) is 12.4. The number of hydrogen-bond donors (Lipinski definition) is 1. The topological polar surface area (TPSA) is 56.0 Å². The molecule has 0 aliphatic carbocycles. The monoisotopic (exact) mass is 360 g/mol. The first-order valence-corrected chi connectivity index (χ1v) is 8.52. The van der Waals surface area contributed by atoms with E-state index in [4.69, 9.17) is 5.73 Å². The van der Waals surface area contributed by atoms with Gasteiger partial charge in [-0.25, -0.2) is 0 Å². The number of nitrogens with zero attached hydrogens (tertiary/aromatic N) is 1. The highest BCUT2D eigenvalue weighted by molar-refractivity contribution is 9.10. The van der Waals surface area contributed by atoms with Crippen molar-refractivity contribution in [2.45, 2.75) is 10.6 Å². The van der Waals surface area contributed by atoms with Gasteiger partial charge in [-0.15, -0.1) is 0 Å². The molecule has 106 valence electrons. The Balaban J connectivity index is 1.89. The van der Waals surface area contributed by atoms with E-state index in [1.54, 1.807) is 24.4 Å². The van der Waals surface area contributed by atoms with Crippen molar-refractivity contribution < 1.29 is 4.21 Å². The van der Waals surface area contributed by atoms with Gasteiger partial charge in [0.15, 0.2) is 0 Å². The van der Waals surface area contributed by atoms with Crippen LogP contribution >= 0.6 is 15.9 Å². The summed E-state index contributed by atoms with van der Waals surface area (Å²) in [4.78, 5) is 5.05. The van der Waals surface area contributed by atoms with E-state index >= 15 is 0 Å². The molecule has 1 aromatic heterocycles. The van der Waals surface area contributed by atoms with Crippen molar-refractivity contribution >= 4 is 43.3 Å². The van der Waals surface area contributed by atoms with Gasteiger partial charge in [0.25, 0.3) is 0 Å². The third kappa shape index (κ3) is 3.14. The molecule has 2 aromatic carbocycles. The van der Waals surface area contributed by atoms with Crippen LogP contribution < -0.4 is 5.73 Å². The fourth-order valence-electron chi connectivity index (χ4n) is 2.15. The SMILES string of the molecule is Nc1ccc(S(=O)Cc2ccc3ncccc3c2)c(Br)c1. The lowest BCUT2D eigenvalue weighted by molar-refractivity contribution is 0.682. The van der Waals surface area contributed by atoms with Crippen molar-refractivity contribution in [1.82, 2.24) is 4.98 Å². The first-order chi connectivity index (χ1) is 10.1. The van der Waals surface area contributed by atoms with Crippen LogP contribution in [-0.2, 0) is 16.6 Å².